The van der Waals surface area contributed by atoms with Crippen LogP contribution in [0.5, 0.6) is 0 Å². The highest BCUT2D eigenvalue weighted by molar-refractivity contribution is 7.89. The van der Waals surface area contributed by atoms with Gasteiger partial charge in [0.15, 0.2) is 0 Å². The molecule has 10 heteroatoms. The number of nitrogens with one attached hydrogen (secondary N) is 1. The molecule has 0 bridgehead atoms. The minimum Gasteiger partial charge on any atom is -0.447 e. The molecule has 2 saturated heterocycles. The summed E-state index contributed by atoms with van der Waals surface area (Å²) in [6.45, 7) is 1.48. The number of nitrogens with zero attached hydrogens (tertiary/aromatic N) is 2. The Morgan fingerprint density at radius 3 is 2.66 bits per heavy atom. The molecule has 0 aliphatic carbocycles. The van der Waals surface area contributed by atoms with Crippen LogP contribution in [0.25, 0.3) is 0 Å². The van der Waals surface area contributed by atoms with Crippen molar-refractivity contribution < 1.29 is 27.1 Å². The molecule has 1 atom stereocenters. The molecule has 2 amide bonds. The average Bonchev–Trinajstić information content (AvgIpc) is 3.24. The van der Waals surface area contributed by atoms with Crippen molar-refractivity contribution in [3.8, 4) is 0 Å². The third-order valence-electron chi connectivity index (χ3n) is 5.66. The number of amides is 2. The first-order valence-corrected chi connectivity index (χ1v) is 11.9. The number of hydrogen-bond acceptors (Lipinski definition) is 5. The summed E-state index contributed by atoms with van der Waals surface area (Å²) in [5, 5.41) is 2.87. The van der Waals surface area contributed by atoms with Gasteiger partial charge in [-0.2, -0.15) is 4.31 Å². The molecule has 170 valence electrons. The summed E-state index contributed by atoms with van der Waals surface area (Å²) in [4.78, 5) is 26.0. The number of carbonyl (C=O) groups is 2. The second-order valence-corrected chi connectivity index (χ2v) is 9.75. The largest absolute Gasteiger partial charge is 0.447 e. The molecule has 2 aliphatic heterocycles. The van der Waals surface area contributed by atoms with Crippen molar-refractivity contribution in [2.24, 2.45) is 5.92 Å². The van der Waals surface area contributed by atoms with Gasteiger partial charge < -0.3 is 10.1 Å². The lowest BCUT2D eigenvalue weighted by Gasteiger charge is -2.31. The first kappa shape index (κ1) is 22.2. The summed E-state index contributed by atoms with van der Waals surface area (Å²) in [6.07, 6.45) is 0.752. The minimum absolute atomic E-state index is 0.0113. The van der Waals surface area contributed by atoms with Crippen LogP contribution in [-0.2, 0) is 26.1 Å². The highest BCUT2D eigenvalue weighted by Crippen LogP contribution is 2.25. The lowest BCUT2D eigenvalue weighted by molar-refractivity contribution is -0.126. The summed E-state index contributed by atoms with van der Waals surface area (Å²) in [5.74, 6) is -1.21. The molecule has 32 heavy (non-hydrogen) atoms. The van der Waals surface area contributed by atoms with E-state index in [-0.39, 0.29) is 23.9 Å². The molecule has 8 nitrogen and oxygen atoms in total. The maximum Gasteiger partial charge on any atom is 0.414 e. The van der Waals surface area contributed by atoms with E-state index in [0.717, 1.165) is 17.7 Å². The second-order valence-electron chi connectivity index (χ2n) is 7.81. The first-order valence-electron chi connectivity index (χ1n) is 10.4. The SMILES string of the molecule is O=C(NCc1cccc(N2CCOC2=O)c1)[C@@H]1CCCN(S(=O)(=O)c2ccc(F)cc2)C1. The normalized spacial score (nSPS) is 19.6. The van der Waals surface area contributed by atoms with Crippen molar-refractivity contribution in [3.63, 3.8) is 0 Å². The van der Waals surface area contributed by atoms with E-state index < -0.39 is 27.9 Å². The van der Waals surface area contributed by atoms with Gasteiger partial charge in [-0.15, -0.1) is 0 Å². The lowest BCUT2D eigenvalue weighted by atomic mass is 9.98. The van der Waals surface area contributed by atoms with Gasteiger partial charge in [-0.25, -0.2) is 17.6 Å². The maximum absolute atomic E-state index is 13.2. The van der Waals surface area contributed by atoms with Gasteiger partial charge in [0, 0.05) is 25.3 Å². The number of benzene rings is 2. The quantitative estimate of drug-likeness (QED) is 0.713. The van der Waals surface area contributed by atoms with Crippen LogP contribution >= 0.6 is 0 Å². The van der Waals surface area contributed by atoms with E-state index in [1.165, 1.54) is 21.3 Å². The summed E-state index contributed by atoms with van der Waals surface area (Å²) in [5.41, 5.74) is 1.52. The molecular formula is C22H24FN3O5S. The number of cyclic esters (lactones) is 1. The molecular weight excluding hydrogens is 437 g/mol. The minimum atomic E-state index is -3.80. The van der Waals surface area contributed by atoms with Crippen molar-refractivity contribution in [1.82, 2.24) is 9.62 Å². The Bertz CT molecular complexity index is 1110. The van der Waals surface area contributed by atoms with E-state index in [1.54, 1.807) is 12.1 Å². The molecule has 0 saturated carbocycles. The second kappa shape index (κ2) is 9.25. The van der Waals surface area contributed by atoms with Gasteiger partial charge in [-0.3, -0.25) is 9.69 Å². The van der Waals surface area contributed by atoms with Gasteiger partial charge in [0.2, 0.25) is 15.9 Å². The molecule has 0 radical (unpaired) electrons. The van der Waals surface area contributed by atoms with E-state index >= 15 is 0 Å². The van der Waals surface area contributed by atoms with Gasteiger partial charge in [-0.05, 0) is 54.8 Å². The standard InChI is InChI=1S/C22H24FN3O5S/c23-18-6-8-20(9-7-18)32(29,30)25-10-2-4-17(15-25)21(27)24-14-16-3-1-5-19(13-16)26-11-12-31-22(26)28/h1,3,5-9,13,17H,2,4,10-12,14-15H2,(H,24,27)/t17-/m1/s1. The highest BCUT2D eigenvalue weighted by Gasteiger charge is 2.33. The number of sulfonamides is 1. The summed E-state index contributed by atoms with van der Waals surface area (Å²) in [6, 6.07) is 12.0. The third kappa shape index (κ3) is 4.76. The number of anilines is 1. The fourth-order valence-electron chi connectivity index (χ4n) is 3.93. The Kier molecular flexibility index (Phi) is 6.43. The number of hydrogen-bond donors (Lipinski definition) is 1. The fourth-order valence-corrected chi connectivity index (χ4v) is 5.45. The van der Waals surface area contributed by atoms with Crippen LogP contribution in [0.4, 0.5) is 14.9 Å². The number of ether oxygens (including phenoxy) is 1. The van der Waals surface area contributed by atoms with E-state index in [9.17, 15) is 22.4 Å². The van der Waals surface area contributed by atoms with Crippen LogP contribution < -0.4 is 10.2 Å². The molecule has 4 rings (SSSR count). The van der Waals surface area contributed by atoms with Crippen molar-refractivity contribution >= 4 is 27.7 Å². The van der Waals surface area contributed by atoms with Crippen molar-refractivity contribution in [2.45, 2.75) is 24.3 Å². The predicted octanol–water partition coefficient (Wildman–Crippen LogP) is 2.50. The van der Waals surface area contributed by atoms with E-state index in [0.29, 0.717) is 38.2 Å². The molecule has 2 aromatic carbocycles. The zero-order valence-corrected chi connectivity index (χ0v) is 18.2. The van der Waals surface area contributed by atoms with Crippen LogP contribution in [0.15, 0.2) is 53.4 Å². The zero-order valence-electron chi connectivity index (χ0n) is 17.4. The Balaban J connectivity index is 1.38. The molecule has 2 fully saturated rings. The molecule has 0 spiro atoms. The van der Waals surface area contributed by atoms with Gasteiger partial charge in [0.1, 0.15) is 12.4 Å². The highest BCUT2D eigenvalue weighted by atomic mass is 32.2. The van der Waals surface area contributed by atoms with Gasteiger partial charge >= 0.3 is 6.09 Å². The van der Waals surface area contributed by atoms with Gasteiger partial charge in [-0.1, -0.05) is 12.1 Å². The van der Waals surface area contributed by atoms with Crippen LogP contribution in [0, 0.1) is 11.7 Å². The van der Waals surface area contributed by atoms with Crippen LogP contribution in [0.2, 0.25) is 0 Å². The van der Waals surface area contributed by atoms with Gasteiger partial charge in [0.05, 0.1) is 17.4 Å². The van der Waals surface area contributed by atoms with Crippen LogP contribution in [-0.4, -0.2) is 51.0 Å². The monoisotopic (exact) mass is 461 g/mol. The Morgan fingerprint density at radius 2 is 1.94 bits per heavy atom. The maximum atomic E-state index is 13.2. The average molecular weight is 462 g/mol. The smallest absolute Gasteiger partial charge is 0.414 e. The van der Waals surface area contributed by atoms with Crippen molar-refractivity contribution in [3.05, 3.63) is 59.9 Å². The summed E-state index contributed by atoms with van der Waals surface area (Å²) in [7, 11) is -3.80. The number of piperidine rings is 1. The van der Waals surface area contributed by atoms with E-state index in [2.05, 4.69) is 5.32 Å². The van der Waals surface area contributed by atoms with E-state index in [4.69, 9.17) is 4.74 Å². The molecule has 2 aliphatic rings. The topological polar surface area (TPSA) is 96.0 Å². The van der Waals surface area contributed by atoms with Crippen LogP contribution in [0.1, 0.15) is 18.4 Å². The lowest BCUT2D eigenvalue weighted by Crippen LogP contribution is -2.45. The number of halogens is 1. The van der Waals surface area contributed by atoms with Crippen molar-refractivity contribution in [2.75, 3.05) is 31.1 Å². The Hall–Kier alpha value is -2.98. The Labute approximate surface area is 186 Å². The molecule has 2 heterocycles. The Morgan fingerprint density at radius 1 is 1.16 bits per heavy atom. The third-order valence-corrected chi connectivity index (χ3v) is 7.54. The summed E-state index contributed by atoms with van der Waals surface area (Å²) < 4.78 is 45.1. The van der Waals surface area contributed by atoms with Crippen LogP contribution in [0.3, 0.4) is 0 Å². The van der Waals surface area contributed by atoms with Gasteiger partial charge in [0.25, 0.3) is 0 Å². The summed E-state index contributed by atoms with van der Waals surface area (Å²) >= 11 is 0. The van der Waals surface area contributed by atoms with E-state index in [1.807, 2.05) is 12.1 Å². The fraction of sp³-hybridized carbons (Fsp3) is 0.364. The van der Waals surface area contributed by atoms with Crippen molar-refractivity contribution in [1.29, 1.82) is 0 Å². The molecule has 1 N–H and O–H groups in total. The molecule has 0 unspecified atom stereocenters. The zero-order chi connectivity index (χ0) is 22.7. The number of carbonyl (C=O) groups excluding carboxylic acids is 2. The molecule has 0 aromatic heterocycles. The number of rotatable bonds is 6. The predicted molar refractivity (Wildman–Crippen MR) is 115 cm³/mol. The first-order chi connectivity index (χ1) is 15.3. The molecule has 2 aromatic rings.